The third kappa shape index (κ3) is 4.94. The molecule has 2 aliphatic heterocycles. The van der Waals surface area contributed by atoms with Crippen LogP contribution in [0.15, 0.2) is 0 Å². The van der Waals surface area contributed by atoms with Gasteiger partial charge in [-0.05, 0) is 46.5 Å². The second kappa shape index (κ2) is 6.76. The molecule has 1 amide bonds. The third-order valence-electron chi connectivity index (χ3n) is 3.78. The van der Waals surface area contributed by atoms with Crippen molar-refractivity contribution in [2.24, 2.45) is 0 Å². The summed E-state index contributed by atoms with van der Waals surface area (Å²) in [6, 6.07) is 0.988. The predicted molar refractivity (Wildman–Crippen MR) is 77.8 cm³/mol. The van der Waals surface area contributed by atoms with Gasteiger partial charge in [-0.15, -0.1) is 0 Å². The number of rotatable bonds is 2. The normalized spacial score (nSPS) is 25.6. The van der Waals surface area contributed by atoms with Gasteiger partial charge in [-0.25, -0.2) is 4.79 Å². The molecular formula is C15H28N2O3. The topological polar surface area (TPSA) is 50.8 Å². The molecule has 2 rings (SSSR count). The van der Waals surface area contributed by atoms with Crippen molar-refractivity contribution < 1.29 is 14.3 Å². The Morgan fingerprint density at radius 1 is 1.20 bits per heavy atom. The molecular weight excluding hydrogens is 256 g/mol. The van der Waals surface area contributed by atoms with E-state index < -0.39 is 5.60 Å². The molecule has 116 valence electrons. The molecule has 0 unspecified atom stereocenters. The van der Waals surface area contributed by atoms with Crippen LogP contribution in [0, 0.1) is 0 Å². The highest BCUT2D eigenvalue weighted by molar-refractivity contribution is 5.68. The molecule has 20 heavy (non-hydrogen) atoms. The molecule has 2 aliphatic rings. The van der Waals surface area contributed by atoms with E-state index in [9.17, 15) is 4.79 Å². The molecule has 1 N–H and O–H groups in total. The van der Waals surface area contributed by atoms with Crippen LogP contribution in [0.2, 0.25) is 0 Å². The van der Waals surface area contributed by atoms with Crippen LogP contribution in [-0.2, 0) is 9.47 Å². The maximum Gasteiger partial charge on any atom is 0.410 e. The molecule has 0 aromatic carbocycles. The van der Waals surface area contributed by atoms with E-state index in [1.807, 2.05) is 25.7 Å². The Morgan fingerprint density at radius 3 is 2.45 bits per heavy atom. The van der Waals surface area contributed by atoms with Gasteiger partial charge in [-0.3, -0.25) is 0 Å². The monoisotopic (exact) mass is 284 g/mol. The standard InChI is InChI=1S/C15H28N2O3/c1-15(2,3)20-14(18)17-8-6-12(7-9-17)16-13-5-4-10-19-11-13/h12-13,16H,4-11H2,1-3H3/t13-/m1/s1. The number of hydrogen-bond acceptors (Lipinski definition) is 4. The first-order valence-corrected chi connectivity index (χ1v) is 7.76. The highest BCUT2D eigenvalue weighted by Gasteiger charge is 2.28. The SMILES string of the molecule is CC(C)(C)OC(=O)N1CCC(N[C@@H]2CCCOC2)CC1. The quantitative estimate of drug-likeness (QED) is 0.844. The van der Waals surface area contributed by atoms with E-state index in [2.05, 4.69) is 5.32 Å². The molecule has 0 aliphatic carbocycles. The fourth-order valence-electron chi connectivity index (χ4n) is 2.76. The molecule has 2 fully saturated rings. The summed E-state index contributed by atoms with van der Waals surface area (Å²) >= 11 is 0. The Balaban J connectivity index is 1.70. The minimum absolute atomic E-state index is 0.183. The van der Waals surface area contributed by atoms with Gasteiger partial charge in [-0.1, -0.05) is 0 Å². The fourth-order valence-corrected chi connectivity index (χ4v) is 2.76. The largest absolute Gasteiger partial charge is 0.444 e. The zero-order valence-electron chi connectivity index (χ0n) is 13.0. The maximum absolute atomic E-state index is 12.0. The lowest BCUT2D eigenvalue weighted by molar-refractivity contribution is 0.0178. The second-order valence-electron chi connectivity index (χ2n) is 6.82. The van der Waals surface area contributed by atoms with Crippen LogP contribution in [0.5, 0.6) is 0 Å². The van der Waals surface area contributed by atoms with Crippen LogP contribution in [0.3, 0.4) is 0 Å². The van der Waals surface area contributed by atoms with Gasteiger partial charge in [0.15, 0.2) is 0 Å². The lowest BCUT2D eigenvalue weighted by Crippen LogP contribution is -2.50. The van der Waals surface area contributed by atoms with E-state index in [-0.39, 0.29) is 6.09 Å². The van der Waals surface area contributed by atoms with Crippen LogP contribution in [0.4, 0.5) is 4.79 Å². The van der Waals surface area contributed by atoms with E-state index in [0.717, 1.165) is 45.6 Å². The first kappa shape index (κ1) is 15.6. The van der Waals surface area contributed by atoms with E-state index in [0.29, 0.717) is 12.1 Å². The van der Waals surface area contributed by atoms with Gasteiger partial charge in [0.05, 0.1) is 6.61 Å². The minimum atomic E-state index is -0.411. The number of carbonyl (C=O) groups is 1. The van der Waals surface area contributed by atoms with Crippen LogP contribution in [0.25, 0.3) is 0 Å². The summed E-state index contributed by atoms with van der Waals surface area (Å²) < 4.78 is 10.9. The number of nitrogens with one attached hydrogen (secondary N) is 1. The van der Waals surface area contributed by atoms with Crippen molar-refractivity contribution in [2.75, 3.05) is 26.3 Å². The molecule has 0 saturated carbocycles. The predicted octanol–water partition coefficient (Wildman–Crippen LogP) is 2.15. The highest BCUT2D eigenvalue weighted by atomic mass is 16.6. The van der Waals surface area contributed by atoms with Crippen molar-refractivity contribution in [3.05, 3.63) is 0 Å². The van der Waals surface area contributed by atoms with Crippen molar-refractivity contribution in [1.29, 1.82) is 0 Å². The molecule has 0 aromatic rings. The fraction of sp³-hybridized carbons (Fsp3) is 0.933. The minimum Gasteiger partial charge on any atom is -0.444 e. The number of hydrogen-bond donors (Lipinski definition) is 1. The van der Waals surface area contributed by atoms with Crippen LogP contribution >= 0.6 is 0 Å². The Labute approximate surface area is 122 Å². The summed E-state index contributed by atoms with van der Waals surface area (Å²) in [7, 11) is 0. The van der Waals surface area contributed by atoms with Gasteiger partial charge in [0.25, 0.3) is 0 Å². The average Bonchev–Trinajstić information content (AvgIpc) is 2.39. The Hall–Kier alpha value is -0.810. The van der Waals surface area contributed by atoms with Gasteiger partial charge < -0.3 is 19.7 Å². The summed E-state index contributed by atoms with van der Waals surface area (Å²) in [6.45, 7) is 8.99. The highest BCUT2D eigenvalue weighted by Crippen LogP contribution is 2.17. The third-order valence-corrected chi connectivity index (χ3v) is 3.78. The molecule has 5 nitrogen and oxygen atoms in total. The zero-order valence-corrected chi connectivity index (χ0v) is 13.0. The first-order valence-electron chi connectivity index (χ1n) is 7.76. The summed E-state index contributed by atoms with van der Waals surface area (Å²) in [5.74, 6) is 0. The number of ether oxygens (including phenoxy) is 2. The van der Waals surface area contributed by atoms with Crippen molar-refractivity contribution in [1.82, 2.24) is 10.2 Å². The zero-order chi connectivity index (χ0) is 14.6. The van der Waals surface area contributed by atoms with Crippen LogP contribution < -0.4 is 5.32 Å². The Bertz CT molecular complexity index is 314. The van der Waals surface area contributed by atoms with Gasteiger partial charge in [-0.2, -0.15) is 0 Å². The summed E-state index contributed by atoms with van der Waals surface area (Å²) in [4.78, 5) is 13.8. The van der Waals surface area contributed by atoms with Crippen molar-refractivity contribution in [3.63, 3.8) is 0 Å². The summed E-state index contributed by atoms with van der Waals surface area (Å²) in [5, 5.41) is 3.66. The van der Waals surface area contributed by atoms with Gasteiger partial charge >= 0.3 is 6.09 Å². The van der Waals surface area contributed by atoms with Crippen LogP contribution in [-0.4, -0.2) is 55.0 Å². The van der Waals surface area contributed by atoms with Gasteiger partial charge in [0.1, 0.15) is 5.60 Å². The lowest BCUT2D eigenvalue weighted by atomic mass is 10.0. The lowest BCUT2D eigenvalue weighted by Gasteiger charge is -2.36. The van der Waals surface area contributed by atoms with Crippen molar-refractivity contribution >= 4 is 6.09 Å². The second-order valence-corrected chi connectivity index (χ2v) is 6.82. The maximum atomic E-state index is 12.0. The molecule has 0 aromatic heterocycles. The number of likely N-dealkylation sites (tertiary alicyclic amines) is 1. The van der Waals surface area contributed by atoms with E-state index in [1.165, 1.54) is 6.42 Å². The molecule has 2 saturated heterocycles. The van der Waals surface area contributed by atoms with E-state index in [1.54, 1.807) is 0 Å². The number of carbonyl (C=O) groups excluding carboxylic acids is 1. The van der Waals surface area contributed by atoms with Crippen LogP contribution in [0.1, 0.15) is 46.5 Å². The Morgan fingerprint density at radius 2 is 1.90 bits per heavy atom. The van der Waals surface area contributed by atoms with Crippen molar-refractivity contribution in [3.8, 4) is 0 Å². The molecule has 0 radical (unpaired) electrons. The smallest absolute Gasteiger partial charge is 0.410 e. The molecule has 0 bridgehead atoms. The Kier molecular flexibility index (Phi) is 5.27. The van der Waals surface area contributed by atoms with E-state index >= 15 is 0 Å². The van der Waals surface area contributed by atoms with Crippen molar-refractivity contribution in [2.45, 2.75) is 64.1 Å². The number of piperidine rings is 1. The molecule has 5 heteroatoms. The molecule has 1 atom stereocenters. The molecule has 2 heterocycles. The van der Waals surface area contributed by atoms with E-state index in [4.69, 9.17) is 9.47 Å². The summed E-state index contributed by atoms with van der Waals surface area (Å²) in [6.07, 6.45) is 4.16. The van der Waals surface area contributed by atoms with Gasteiger partial charge in [0, 0.05) is 31.8 Å². The van der Waals surface area contributed by atoms with Gasteiger partial charge in [0.2, 0.25) is 0 Å². The number of nitrogens with zero attached hydrogens (tertiary/aromatic N) is 1. The molecule has 0 spiro atoms. The number of amides is 1. The average molecular weight is 284 g/mol. The first-order chi connectivity index (χ1) is 9.44. The summed E-state index contributed by atoms with van der Waals surface area (Å²) in [5.41, 5.74) is -0.411.